The van der Waals surface area contributed by atoms with E-state index in [1.165, 1.54) is 24.3 Å². The molecule has 1 nitrogen and oxygen atoms in total. The van der Waals surface area contributed by atoms with Gasteiger partial charge in [0.15, 0.2) is 5.78 Å². The van der Waals surface area contributed by atoms with Crippen LogP contribution in [-0.2, 0) is 10.7 Å². The number of hydrogen-bond donors (Lipinski definition) is 0. The third-order valence-electron chi connectivity index (χ3n) is 3.43. The predicted octanol–water partition coefficient (Wildman–Crippen LogP) is 3.99. The molecule has 1 unspecified atom stereocenters. The van der Waals surface area contributed by atoms with Crippen molar-refractivity contribution in [2.75, 3.05) is 0 Å². The molecule has 0 radical (unpaired) electrons. The molecule has 0 bridgehead atoms. The number of alkyl halides is 1. The second-order valence-corrected chi connectivity index (χ2v) is 5.94. The van der Waals surface area contributed by atoms with Crippen LogP contribution in [0.2, 0.25) is 0 Å². The lowest BCUT2D eigenvalue weighted by atomic mass is 9.95. The van der Waals surface area contributed by atoms with Crippen LogP contribution in [0.3, 0.4) is 0 Å². The highest BCUT2D eigenvalue weighted by molar-refractivity contribution is 9.10. The molecule has 1 aliphatic rings. The van der Waals surface area contributed by atoms with Gasteiger partial charge in [-0.05, 0) is 23.8 Å². The molecule has 19 heavy (non-hydrogen) atoms. The van der Waals surface area contributed by atoms with Gasteiger partial charge in [0, 0.05) is 17.5 Å². The lowest BCUT2D eigenvalue weighted by Crippen LogP contribution is -2.25. The van der Waals surface area contributed by atoms with Crippen LogP contribution < -0.4 is 0 Å². The van der Waals surface area contributed by atoms with E-state index in [-0.39, 0.29) is 12.2 Å². The van der Waals surface area contributed by atoms with Crippen molar-refractivity contribution in [1.82, 2.24) is 0 Å². The third kappa shape index (κ3) is 1.82. The molecule has 2 aromatic rings. The number of ketones is 1. The maximum Gasteiger partial charge on any atom is 0.184 e. The van der Waals surface area contributed by atoms with Gasteiger partial charge in [0.05, 0.1) is 0 Å². The fraction of sp³-hybridized carbons (Fsp3) is 0.133. The minimum atomic E-state index is -1.07. The quantitative estimate of drug-likeness (QED) is 0.725. The first-order valence-corrected chi connectivity index (χ1v) is 6.59. The molecule has 96 valence electrons. The minimum absolute atomic E-state index is 0.192. The normalized spacial score (nSPS) is 21.5. The van der Waals surface area contributed by atoms with E-state index in [0.717, 1.165) is 0 Å². The van der Waals surface area contributed by atoms with Crippen molar-refractivity contribution in [3.8, 4) is 0 Å². The number of rotatable bonds is 1. The molecule has 0 fully saturated rings. The fourth-order valence-electron chi connectivity index (χ4n) is 2.46. The van der Waals surface area contributed by atoms with E-state index in [2.05, 4.69) is 15.9 Å². The fourth-order valence-corrected chi connectivity index (χ4v) is 3.20. The summed E-state index contributed by atoms with van der Waals surface area (Å²) in [5, 5.41) is 0. The van der Waals surface area contributed by atoms with Crippen LogP contribution in [-0.4, -0.2) is 5.78 Å². The molecule has 0 saturated heterocycles. The van der Waals surface area contributed by atoms with Crippen molar-refractivity contribution in [3.05, 3.63) is 70.8 Å². The smallest absolute Gasteiger partial charge is 0.184 e. The van der Waals surface area contributed by atoms with Crippen molar-refractivity contribution in [3.63, 3.8) is 0 Å². The largest absolute Gasteiger partial charge is 0.292 e. The summed E-state index contributed by atoms with van der Waals surface area (Å²) in [6, 6.07) is 10.3. The van der Waals surface area contributed by atoms with Gasteiger partial charge >= 0.3 is 0 Å². The molecule has 3 rings (SSSR count). The number of fused-ring (bicyclic) bond motifs is 1. The maximum atomic E-state index is 13.8. The molecule has 0 aromatic heterocycles. The first kappa shape index (κ1) is 12.5. The van der Waals surface area contributed by atoms with Crippen molar-refractivity contribution in [2.45, 2.75) is 10.7 Å². The summed E-state index contributed by atoms with van der Waals surface area (Å²) in [7, 11) is 0. The zero-order valence-corrected chi connectivity index (χ0v) is 11.4. The molecular formula is C15H9BrF2O. The van der Waals surface area contributed by atoms with Crippen LogP contribution in [0.4, 0.5) is 8.78 Å². The van der Waals surface area contributed by atoms with Gasteiger partial charge in [0.2, 0.25) is 0 Å². The Bertz CT molecular complexity index is 684. The molecule has 4 heteroatoms. The second kappa shape index (κ2) is 4.23. The molecule has 0 heterocycles. The first-order chi connectivity index (χ1) is 9.02. The average Bonchev–Trinajstić information content (AvgIpc) is 2.66. The molecule has 0 saturated carbocycles. The zero-order chi connectivity index (χ0) is 13.6. The van der Waals surface area contributed by atoms with E-state index in [4.69, 9.17) is 0 Å². The van der Waals surface area contributed by atoms with Crippen LogP contribution in [0, 0.1) is 11.6 Å². The summed E-state index contributed by atoms with van der Waals surface area (Å²) in [5.74, 6) is -1.04. The Morgan fingerprint density at radius 1 is 1.11 bits per heavy atom. The number of benzene rings is 2. The van der Waals surface area contributed by atoms with E-state index in [1.54, 1.807) is 18.2 Å². The Kier molecular flexibility index (Phi) is 2.78. The van der Waals surface area contributed by atoms with Gasteiger partial charge in [-0.25, -0.2) is 8.78 Å². The van der Waals surface area contributed by atoms with Crippen LogP contribution in [0.5, 0.6) is 0 Å². The summed E-state index contributed by atoms with van der Waals surface area (Å²) in [6.07, 6.45) is 0.192. The summed E-state index contributed by atoms with van der Waals surface area (Å²) in [4.78, 5) is 12.4. The van der Waals surface area contributed by atoms with E-state index in [0.29, 0.717) is 16.7 Å². The second-order valence-electron chi connectivity index (χ2n) is 4.58. The monoisotopic (exact) mass is 322 g/mol. The van der Waals surface area contributed by atoms with Gasteiger partial charge in [0.25, 0.3) is 0 Å². The van der Waals surface area contributed by atoms with Crippen LogP contribution in [0.15, 0.2) is 42.5 Å². The summed E-state index contributed by atoms with van der Waals surface area (Å²) >= 11 is 3.39. The number of halogens is 3. The van der Waals surface area contributed by atoms with E-state index >= 15 is 0 Å². The highest BCUT2D eigenvalue weighted by Crippen LogP contribution is 2.45. The third-order valence-corrected chi connectivity index (χ3v) is 4.52. The average molecular weight is 323 g/mol. The summed E-state index contributed by atoms with van der Waals surface area (Å²) < 4.78 is 26.0. The summed E-state index contributed by atoms with van der Waals surface area (Å²) in [5.41, 5.74) is 1.25. The molecule has 2 aromatic carbocycles. The van der Waals surface area contributed by atoms with Gasteiger partial charge in [-0.15, -0.1) is 0 Å². The van der Waals surface area contributed by atoms with Crippen molar-refractivity contribution < 1.29 is 13.6 Å². The van der Waals surface area contributed by atoms with Crippen molar-refractivity contribution in [1.29, 1.82) is 0 Å². The highest BCUT2D eigenvalue weighted by Gasteiger charge is 2.46. The van der Waals surface area contributed by atoms with Gasteiger partial charge in [-0.3, -0.25) is 4.79 Å². The zero-order valence-electron chi connectivity index (χ0n) is 9.79. The molecule has 0 amide bonds. The van der Waals surface area contributed by atoms with E-state index in [1.807, 2.05) is 0 Å². The van der Waals surface area contributed by atoms with Crippen molar-refractivity contribution >= 4 is 21.7 Å². The Hall–Kier alpha value is -1.55. The van der Waals surface area contributed by atoms with Crippen LogP contribution in [0.25, 0.3) is 0 Å². The number of Topliss-reactive ketones (excluding diaryl/α,β-unsaturated/α-hetero) is 1. The molecule has 0 aliphatic heterocycles. The standard InChI is InChI=1S/C15H9BrF2O/c16-15(9-3-1-4-10(17)7-9)8-12-11(14(15)19)5-2-6-13(12)18/h1-7H,8H2. The Balaban J connectivity index is 2.15. The highest BCUT2D eigenvalue weighted by atomic mass is 79.9. The topological polar surface area (TPSA) is 17.1 Å². The molecular weight excluding hydrogens is 314 g/mol. The number of carbonyl (C=O) groups is 1. The Labute approximate surface area is 117 Å². The molecule has 1 aliphatic carbocycles. The molecule has 0 spiro atoms. The maximum absolute atomic E-state index is 13.8. The van der Waals surface area contributed by atoms with E-state index in [9.17, 15) is 13.6 Å². The minimum Gasteiger partial charge on any atom is -0.292 e. The molecule has 0 N–H and O–H groups in total. The van der Waals surface area contributed by atoms with E-state index < -0.39 is 16.0 Å². The Morgan fingerprint density at radius 2 is 1.84 bits per heavy atom. The number of hydrogen-bond acceptors (Lipinski definition) is 1. The van der Waals surface area contributed by atoms with Gasteiger partial charge in [-0.2, -0.15) is 0 Å². The van der Waals surface area contributed by atoms with Gasteiger partial charge < -0.3 is 0 Å². The summed E-state index contributed by atoms with van der Waals surface area (Å²) in [6.45, 7) is 0. The SMILES string of the molecule is O=C1c2cccc(F)c2CC1(Br)c1cccc(F)c1. The van der Waals surface area contributed by atoms with Crippen molar-refractivity contribution in [2.24, 2.45) is 0 Å². The lowest BCUT2D eigenvalue weighted by molar-refractivity contribution is 0.0960. The first-order valence-electron chi connectivity index (χ1n) is 5.79. The van der Waals surface area contributed by atoms with Gasteiger partial charge in [-0.1, -0.05) is 40.2 Å². The van der Waals surface area contributed by atoms with Crippen LogP contribution in [0.1, 0.15) is 21.5 Å². The Morgan fingerprint density at radius 3 is 2.53 bits per heavy atom. The number of carbonyl (C=O) groups excluding carboxylic acids is 1. The van der Waals surface area contributed by atoms with Gasteiger partial charge in [0.1, 0.15) is 16.0 Å². The predicted molar refractivity (Wildman–Crippen MR) is 71.4 cm³/mol. The van der Waals surface area contributed by atoms with Crippen LogP contribution >= 0.6 is 15.9 Å². The lowest BCUT2D eigenvalue weighted by Gasteiger charge is -2.20. The molecule has 1 atom stereocenters.